The monoisotopic (exact) mass is 213 g/mol. The normalized spacial score (nSPS) is 17.1. The first-order valence-corrected chi connectivity index (χ1v) is 6.28. The molecular formula is C13H27NO. The van der Waals surface area contributed by atoms with Crippen molar-refractivity contribution in [1.29, 1.82) is 0 Å². The second-order valence-electron chi connectivity index (χ2n) is 4.90. The van der Waals surface area contributed by atoms with E-state index in [9.17, 15) is 4.79 Å². The Hall–Kier alpha value is -0.370. The van der Waals surface area contributed by atoms with Gasteiger partial charge in [0.1, 0.15) is 5.78 Å². The number of carbonyl (C=O) groups excluding carboxylic acids is 1. The lowest BCUT2D eigenvalue weighted by molar-refractivity contribution is -0.126. The van der Waals surface area contributed by atoms with Crippen LogP contribution in [0.5, 0.6) is 0 Å². The van der Waals surface area contributed by atoms with Crippen LogP contribution in [0.1, 0.15) is 59.8 Å². The van der Waals surface area contributed by atoms with Gasteiger partial charge in [-0.15, -0.1) is 0 Å². The largest absolute Gasteiger partial charge is 0.328 e. The van der Waals surface area contributed by atoms with Gasteiger partial charge in [0.25, 0.3) is 0 Å². The summed E-state index contributed by atoms with van der Waals surface area (Å²) in [6, 6.07) is 0.264. The van der Waals surface area contributed by atoms with Gasteiger partial charge in [0, 0.05) is 17.9 Å². The zero-order valence-electron chi connectivity index (χ0n) is 10.8. The van der Waals surface area contributed by atoms with Crippen molar-refractivity contribution in [2.75, 3.05) is 0 Å². The molecule has 0 aromatic rings. The maximum absolute atomic E-state index is 11.9. The van der Waals surface area contributed by atoms with Gasteiger partial charge in [0.2, 0.25) is 0 Å². The fourth-order valence-electron chi connectivity index (χ4n) is 1.95. The van der Waals surface area contributed by atoms with Crippen LogP contribution < -0.4 is 5.73 Å². The van der Waals surface area contributed by atoms with Gasteiger partial charge in [-0.3, -0.25) is 4.79 Å². The second kappa shape index (κ2) is 7.86. The lowest BCUT2D eigenvalue weighted by Gasteiger charge is -2.16. The Balaban J connectivity index is 3.78. The third kappa shape index (κ3) is 6.67. The van der Waals surface area contributed by atoms with Crippen LogP contribution in [0.3, 0.4) is 0 Å². The van der Waals surface area contributed by atoms with Crippen LogP contribution in [0, 0.1) is 11.8 Å². The first-order valence-electron chi connectivity index (χ1n) is 6.28. The quantitative estimate of drug-likeness (QED) is 0.673. The van der Waals surface area contributed by atoms with Crippen molar-refractivity contribution in [3.05, 3.63) is 0 Å². The lowest BCUT2D eigenvalue weighted by atomic mass is 9.88. The standard InChI is InChI=1S/C13H27NO/c1-5-7-10(2)13(15)11(3)8-6-9-12(4)14/h10-12H,5-9,14H2,1-4H3. The highest BCUT2D eigenvalue weighted by atomic mass is 16.1. The van der Waals surface area contributed by atoms with Gasteiger partial charge in [0.05, 0.1) is 0 Å². The Bertz CT molecular complexity index is 177. The van der Waals surface area contributed by atoms with Gasteiger partial charge in [-0.2, -0.15) is 0 Å². The van der Waals surface area contributed by atoms with E-state index in [1.807, 2.05) is 13.8 Å². The molecule has 3 unspecified atom stereocenters. The number of carbonyl (C=O) groups is 1. The molecule has 0 fully saturated rings. The maximum Gasteiger partial charge on any atom is 0.138 e. The van der Waals surface area contributed by atoms with E-state index in [1.165, 1.54) is 0 Å². The molecule has 0 bridgehead atoms. The van der Waals surface area contributed by atoms with Crippen molar-refractivity contribution < 1.29 is 4.79 Å². The third-order valence-corrected chi connectivity index (χ3v) is 2.99. The number of hydrogen-bond acceptors (Lipinski definition) is 2. The van der Waals surface area contributed by atoms with Gasteiger partial charge in [-0.25, -0.2) is 0 Å². The summed E-state index contributed by atoms with van der Waals surface area (Å²) in [5, 5.41) is 0. The molecule has 0 aromatic carbocycles. The van der Waals surface area contributed by atoms with Crippen molar-refractivity contribution in [3.8, 4) is 0 Å². The Labute approximate surface area is 94.6 Å². The van der Waals surface area contributed by atoms with E-state index in [2.05, 4.69) is 13.8 Å². The topological polar surface area (TPSA) is 43.1 Å². The van der Waals surface area contributed by atoms with Crippen LogP contribution in [-0.2, 0) is 4.79 Å². The predicted octanol–water partition coefficient (Wildman–Crippen LogP) is 3.15. The van der Waals surface area contributed by atoms with Crippen molar-refractivity contribution in [3.63, 3.8) is 0 Å². The minimum absolute atomic E-state index is 0.213. The maximum atomic E-state index is 11.9. The molecule has 0 aromatic heterocycles. The molecule has 0 aliphatic rings. The van der Waals surface area contributed by atoms with E-state index in [0.29, 0.717) is 5.78 Å². The molecule has 90 valence electrons. The van der Waals surface area contributed by atoms with Gasteiger partial charge in [0.15, 0.2) is 0 Å². The predicted molar refractivity (Wildman–Crippen MR) is 65.7 cm³/mol. The molecular weight excluding hydrogens is 186 g/mol. The molecule has 15 heavy (non-hydrogen) atoms. The van der Waals surface area contributed by atoms with Gasteiger partial charge < -0.3 is 5.73 Å². The van der Waals surface area contributed by atoms with Gasteiger partial charge >= 0.3 is 0 Å². The average Bonchev–Trinajstić information content (AvgIpc) is 2.16. The summed E-state index contributed by atoms with van der Waals surface area (Å²) in [7, 11) is 0. The Kier molecular flexibility index (Phi) is 7.67. The fourth-order valence-corrected chi connectivity index (χ4v) is 1.95. The van der Waals surface area contributed by atoms with Crippen molar-refractivity contribution in [1.82, 2.24) is 0 Å². The van der Waals surface area contributed by atoms with Crippen molar-refractivity contribution in [2.24, 2.45) is 17.6 Å². The highest BCUT2D eigenvalue weighted by Gasteiger charge is 2.18. The number of rotatable bonds is 8. The molecule has 0 saturated heterocycles. The van der Waals surface area contributed by atoms with Gasteiger partial charge in [-0.05, 0) is 26.2 Å². The second-order valence-corrected chi connectivity index (χ2v) is 4.90. The molecule has 0 amide bonds. The lowest BCUT2D eigenvalue weighted by Crippen LogP contribution is -2.20. The van der Waals surface area contributed by atoms with E-state index in [1.54, 1.807) is 0 Å². The fraction of sp³-hybridized carbons (Fsp3) is 0.923. The summed E-state index contributed by atoms with van der Waals surface area (Å²) in [6.07, 6.45) is 5.22. The highest BCUT2D eigenvalue weighted by molar-refractivity contribution is 5.82. The summed E-state index contributed by atoms with van der Waals surface area (Å²) in [6.45, 7) is 8.25. The number of ketones is 1. The minimum Gasteiger partial charge on any atom is -0.328 e. The van der Waals surface area contributed by atoms with Crippen LogP contribution in [-0.4, -0.2) is 11.8 Å². The van der Waals surface area contributed by atoms with E-state index < -0.39 is 0 Å². The SMILES string of the molecule is CCCC(C)C(=O)C(C)CCCC(C)N. The highest BCUT2D eigenvalue weighted by Crippen LogP contribution is 2.17. The summed E-state index contributed by atoms with van der Waals surface area (Å²) in [5.74, 6) is 0.882. The van der Waals surface area contributed by atoms with Crippen LogP contribution >= 0.6 is 0 Å². The summed E-state index contributed by atoms with van der Waals surface area (Å²) in [4.78, 5) is 11.9. The summed E-state index contributed by atoms with van der Waals surface area (Å²) >= 11 is 0. The number of hydrogen-bond donors (Lipinski definition) is 1. The molecule has 0 saturated carbocycles. The minimum atomic E-state index is 0.213. The van der Waals surface area contributed by atoms with Crippen LogP contribution in [0.15, 0.2) is 0 Å². The molecule has 0 heterocycles. The average molecular weight is 213 g/mol. The van der Waals surface area contributed by atoms with E-state index in [4.69, 9.17) is 5.73 Å². The molecule has 2 N–H and O–H groups in total. The number of Topliss-reactive ketones (excluding diaryl/α,β-unsaturated/α-hetero) is 1. The van der Waals surface area contributed by atoms with Crippen molar-refractivity contribution in [2.45, 2.75) is 65.8 Å². The smallest absolute Gasteiger partial charge is 0.138 e. The third-order valence-electron chi connectivity index (χ3n) is 2.99. The molecule has 3 atom stereocenters. The summed E-state index contributed by atoms with van der Waals surface area (Å²) < 4.78 is 0. The molecule has 0 radical (unpaired) electrons. The van der Waals surface area contributed by atoms with E-state index in [-0.39, 0.29) is 17.9 Å². The van der Waals surface area contributed by atoms with Crippen molar-refractivity contribution >= 4 is 5.78 Å². The zero-order chi connectivity index (χ0) is 11.8. The molecule has 0 aliphatic heterocycles. The Morgan fingerprint density at radius 3 is 2.07 bits per heavy atom. The van der Waals surface area contributed by atoms with E-state index >= 15 is 0 Å². The Morgan fingerprint density at radius 1 is 1.07 bits per heavy atom. The molecule has 0 rings (SSSR count). The molecule has 2 nitrogen and oxygen atoms in total. The molecule has 2 heteroatoms. The summed E-state index contributed by atoms with van der Waals surface area (Å²) in [5.41, 5.74) is 5.68. The molecule has 0 spiro atoms. The molecule has 0 aliphatic carbocycles. The first-order chi connectivity index (χ1) is 6.99. The van der Waals surface area contributed by atoms with Crippen LogP contribution in [0.2, 0.25) is 0 Å². The van der Waals surface area contributed by atoms with E-state index in [0.717, 1.165) is 32.1 Å². The number of nitrogens with two attached hydrogens (primary N) is 1. The zero-order valence-corrected chi connectivity index (χ0v) is 10.8. The van der Waals surface area contributed by atoms with Crippen LogP contribution in [0.25, 0.3) is 0 Å². The Morgan fingerprint density at radius 2 is 1.60 bits per heavy atom. The van der Waals surface area contributed by atoms with Crippen LogP contribution in [0.4, 0.5) is 0 Å². The van der Waals surface area contributed by atoms with Gasteiger partial charge in [-0.1, -0.05) is 33.6 Å². The first kappa shape index (κ1) is 14.6.